The predicted octanol–water partition coefficient (Wildman–Crippen LogP) is 2.48. The maximum absolute atomic E-state index is 14.5. The lowest BCUT2D eigenvalue weighted by Crippen LogP contribution is -2.59. The van der Waals surface area contributed by atoms with E-state index in [1.165, 1.54) is 4.90 Å². The summed E-state index contributed by atoms with van der Waals surface area (Å²) >= 11 is 0. The van der Waals surface area contributed by atoms with Crippen molar-refractivity contribution >= 4 is 23.5 Å². The molecule has 0 aliphatic carbocycles. The molecule has 38 heavy (non-hydrogen) atoms. The van der Waals surface area contributed by atoms with Crippen molar-refractivity contribution in [1.29, 1.82) is 0 Å². The predicted molar refractivity (Wildman–Crippen MR) is 139 cm³/mol. The van der Waals surface area contributed by atoms with Gasteiger partial charge in [0.25, 0.3) is 5.91 Å². The lowest BCUT2D eigenvalue weighted by molar-refractivity contribution is -0.160. The average Bonchev–Trinajstić information content (AvgIpc) is 3.21. The fraction of sp³-hybridized carbons (Fsp3) is 0.552. The van der Waals surface area contributed by atoms with E-state index in [2.05, 4.69) is 0 Å². The van der Waals surface area contributed by atoms with Crippen molar-refractivity contribution in [3.8, 4) is 5.75 Å². The molecule has 1 spiro atoms. The molecule has 1 unspecified atom stereocenters. The zero-order valence-corrected chi connectivity index (χ0v) is 22.3. The van der Waals surface area contributed by atoms with Gasteiger partial charge in [-0.3, -0.25) is 14.4 Å². The Labute approximate surface area is 223 Å². The number of methoxy groups -OCH3 is 1. The summed E-state index contributed by atoms with van der Waals surface area (Å²) in [5.74, 6) is -2.28. The van der Waals surface area contributed by atoms with E-state index in [0.29, 0.717) is 24.3 Å². The third kappa shape index (κ3) is 4.03. The molecule has 0 saturated carbocycles. The minimum Gasteiger partial charge on any atom is -0.497 e. The summed E-state index contributed by atoms with van der Waals surface area (Å²) in [4.78, 5) is 45.3. The number of carbonyl (C=O) groups excluding carboxylic acids is 3. The zero-order chi connectivity index (χ0) is 27.2. The number of fused-ring (bicyclic) bond motifs is 2. The number of benzene rings is 1. The Morgan fingerprint density at radius 3 is 2.47 bits per heavy atom. The van der Waals surface area contributed by atoms with E-state index in [-0.39, 0.29) is 37.5 Å². The molecule has 0 bridgehead atoms. The number of amides is 2. The molecule has 1 aromatic rings. The first-order valence-corrected chi connectivity index (χ1v) is 13.3. The van der Waals surface area contributed by atoms with Crippen LogP contribution in [0.15, 0.2) is 48.6 Å². The number of anilines is 1. The van der Waals surface area contributed by atoms with E-state index in [4.69, 9.17) is 14.2 Å². The Morgan fingerprint density at radius 2 is 1.82 bits per heavy atom. The van der Waals surface area contributed by atoms with E-state index in [1.807, 2.05) is 32.1 Å². The van der Waals surface area contributed by atoms with Crippen LogP contribution >= 0.6 is 0 Å². The van der Waals surface area contributed by atoms with Gasteiger partial charge < -0.3 is 29.1 Å². The van der Waals surface area contributed by atoms with Gasteiger partial charge in [0, 0.05) is 12.2 Å². The normalized spacial score (nSPS) is 33.3. The number of cyclic esters (lactones) is 1. The molecule has 0 aromatic heterocycles. The molecule has 9 heteroatoms. The van der Waals surface area contributed by atoms with Gasteiger partial charge in [-0.25, -0.2) is 0 Å². The highest BCUT2D eigenvalue weighted by atomic mass is 16.6. The molecule has 4 aliphatic heterocycles. The molecule has 5 rings (SSSR count). The van der Waals surface area contributed by atoms with Gasteiger partial charge >= 0.3 is 5.97 Å². The van der Waals surface area contributed by atoms with Crippen LogP contribution < -0.4 is 9.64 Å². The molecular weight excluding hydrogens is 488 g/mol. The zero-order valence-electron chi connectivity index (χ0n) is 22.3. The molecule has 1 aromatic carbocycles. The van der Waals surface area contributed by atoms with Gasteiger partial charge in [-0.2, -0.15) is 0 Å². The average molecular weight is 525 g/mol. The van der Waals surface area contributed by atoms with Gasteiger partial charge in [-0.05, 0) is 49.9 Å². The van der Waals surface area contributed by atoms with Gasteiger partial charge in [0.1, 0.15) is 23.3 Å². The minimum atomic E-state index is -1.40. The smallest absolute Gasteiger partial charge is 0.313 e. The number of esters is 1. The first kappa shape index (κ1) is 26.4. The summed E-state index contributed by atoms with van der Waals surface area (Å²) in [6, 6.07) is 5.46. The Kier molecular flexibility index (Phi) is 6.86. The quantitative estimate of drug-likeness (QED) is 0.450. The third-order valence-electron chi connectivity index (χ3n) is 8.19. The lowest BCUT2D eigenvalue weighted by atomic mass is 9.74. The van der Waals surface area contributed by atoms with E-state index in [9.17, 15) is 19.5 Å². The summed E-state index contributed by atoms with van der Waals surface area (Å²) in [5.41, 5.74) is -1.88. The topological polar surface area (TPSA) is 106 Å². The number of likely N-dealkylation sites (tertiary alicyclic amines) is 1. The number of nitrogens with zero attached hydrogens (tertiary/aromatic N) is 2. The van der Waals surface area contributed by atoms with Crippen molar-refractivity contribution in [2.45, 2.75) is 56.9 Å². The van der Waals surface area contributed by atoms with Crippen molar-refractivity contribution in [3.05, 3.63) is 48.6 Å². The molecule has 2 saturated heterocycles. The number of aliphatic hydroxyl groups excluding tert-OH is 1. The van der Waals surface area contributed by atoms with Crippen LogP contribution in [0.4, 0.5) is 5.69 Å². The molecule has 2 amide bonds. The number of hydrogen-bond acceptors (Lipinski definition) is 7. The largest absolute Gasteiger partial charge is 0.497 e. The summed E-state index contributed by atoms with van der Waals surface area (Å²) in [7, 11) is 1.58. The molecule has 9 nitrogen and oxygen atoms in total. The summed E-state index contributed by atoms with van der Waals surface area (Å²) in [6.07, 6.45) is 8.40. The van der Waals surface area contributed by atoms with E-state index in [1.54, 1.807) is 49.3 Å². The van der Waals surface area contributed by atoms with Gasteiger partial charge in [0.15, 0.2) is 0 Å². The standard InChI is InChI=1S/C29H36N2O7/c1-18(2)16-20(17-32)31-24-26(34)30(19-8-10-21(36-4)11-9-19)14-7-13-29(24)22(25(31)33)23-27(35)37-15-6-5-12-28(23,3)38-29/h5,7-13,18,20,22-24,32H,6,14-17H2,1-4H3/t20-,22+,23+,24?,28-,29+/m1/s1. The maximum atomic E-state index is 14.5. The third-order valence-corrected chi connectivity index (χ3v) is 8.19. The summed E-state index contributed by atoms with van der Waals surface area (Å²) in [5, 5.41) is 10.4. The second kappa shape index (κ2) is 9.85. The van der Waals surface area contributed by atoms with Crippen molar-refractivity contribution in [2.24, 2.45) is 17.8 Å². The van der Waals surface area contributed by atoms with E-state index in [0.717, 1.165) is 0 Å². The van der Waals surface area contributed by atoms with Crippen molar-refractivity contribution < 1.29 is 33.7 Å². The number of hydrogen-bond donors (Lipinski definition) is 1. The Hall–Kier alpha value is -3.17. The van der Waals surface area contributed by atoms with Crippen molar-refractivity contribution in [2.75, 3.05) is 31.8 Å². The highest BCUT2D eigenvalue weighted by Crippen LogP contribution is 2.57. The Balaban J connectivity index is 1.66. The van der Waals surface area contributed by atoms with Crippen LogP contribution in [0.1, 0.15) is 33.6 Å². The molecule has 0 radical (unpaired) electrons. The maximum Gasteiger partial charge on any atom is 0.313 e. The van der Waals surface area contributed by atoms with Crippen LogP contribution in [0.25, 0.3) is 0 Å². The van der Waals surface area contributed by atoms with Crippen LogP contribution in [-0.4, -0.2) is 77.9 Å². The molecule has 2 fully saturated rings. The van der Waals surface area contributed by atoms with Crippen LogP contribution in [0.2, 0.25) is 0 Å². The lowest BCUT2D eigenvalue weighted by Gasteiger charge is -2.40. The Bertz CT molecular complexity index is 1160. The number of carbonyl (C=O) groups is 3. The van der Waals surface area contributed by atoms with E-state index >= 15 is 0 Å². The molecule has 4 heterocycles. The fourth-order valence-electron chi connectivity index (χ4n) is 6.63. The van der Waals surface area contributed by atoms with Gasteiger partial charge in [-0.1, -0.05) is 38.2 Å². The SMILES string of the molecule is COc1ccc(N2CC=C[C@]34O[C@]5(C)C=CCCOC(=O)[C@@H]5[C@H]3C(=O)N([C@@H](CO)CC(C)C)C4C2=O)cc1. The highest BCUT2D eigenvalue weighted by molar-refractivity contribution is 6.05. The fourth-order valence-corrected chi connectivity index (χ4v) is 6.63. The van der Waals surface area contributed by atoms with Gasteiger partial charge in [0.05, 0.1) is 37.9 Å². The molecule has 6 atom stereocenters. The monoisotopic (exact) mass is 524 g/mol. The second-order valence-electron chi connectivity index (χ2n) is 11.1. The van der Waals surface area contributed by atoms with Crippen LogP contribution in [0.3, 0.4) is 0 Å². The second-order valence-corrected chi connectivity index (χ2v) is 11.1. The Morgan fingerprint density at radius 1 is 1.08 bits per heavy atom. The molecule has 204 valence electrons. The van der Waals surface area contributed by atoms with Gasteiger partial charge in [-0.15, -0.1) is 0 Å². The number of ether oxygens (including phenoxy) is 3. The molecular formula is C29H36N2O7. The van der Waals surface area contributed by atoms with Crippen LogP contribution in [0, 0.1) is 17.8 Å². The van der Waals surface area contributed by atoms with Crippen LogP contribution in [0.5, 0.6) is 5.75 Å². The molecule has 1 N–H and O–H groups in total. The first-order valence-electron chi connectivity index (χ1n) is 13.3. The van der Waals surface area contributed by atoms with Crippen LogP contribution in [-0.2, 0) is 23.9 Å². The molecule has 4 aliphatic rings. The van der Waals surface area contributed by atoms with Crippen molar-refractivity contribution in [1.82, 2.24) is 4.90 Å². The summed E-state index contributed by atoms with van der Waals surface area (Å²) in [6.45, 7) is 5.96. The van der Waals surface area contributed by atoms with Gasteiger partial charge in [0.2, 0.25) is 5.91 Å². The number of rotatable bonds is 6. The summed E-state index contributed by atoms with van der Waals surface area (Å²) < 4.78 is 17.6. The minimum absolute atomic E-state index is 0.158. The van der Waals surface area contributed by atoms with Crippen molar-refractivity contribution in [3.63, 3.8) is 0 Å². The number of aliphatic hydroxyl groups is 1. The first-order chi connectivity index (χ1) is 18.2. The van der Waals surface area contributed by atoms with E-state index < -0.39 is 41.1 Å². The highest BCUT2D eigenvalue weighted by Gasteiger charge is 2.75.